The quantitative estimate of drug-likeness (QED) is 0.169. The molecule has 1 aromatic carbocycles. The van der Waals surface area contributed by atoms with Crippen molar-refractivity contribution in [1.82, 2.24) is 19.7 Å². The monoisotopic (exact) mass is 601 g/mol. The van der Waals surface area contributed by atoms with E-state index in [4.69, 9.17) is 19.6 Å². The molecule has 0 saturated carbocycles. The van der Waals surface area contributed by atoms with E-state index in [9.17, 15) is 22.8 Å². The minimum Gasteiger partial charge on any atom is -0.444 e. The Kier molecular flexibility index (Phi) is 10.5. The van der Waals surface area contributed by atoms with Crippen LogP contribution in [0.5, 0.6) is 0 Å². The summed E-state index contributed by atoms with van der Waals surface area (Å²) in [5, 5.41) is 8.95. The van der Waals surface area contributed by atoms with Gasteiger partial charge in [0.05, 0.1) is 30.8 Å². The number of carbonyl (C=O) groups is 2. The standard InChI is InChI=1S/C28H30F3N7O5/c1-41-12-13-42-11-3-2-4-18-5-7-20(8-6-18)38-15-21(24(37-38)25(32)39)35-26(40)22-16-43-27(36-22)19-9-10-33-23(14-19)34-17-28(29,30)31/h5-10,14-16H,2-4,11-13,17H2,1H3,(H2,32,39)(H,33,34)(H,35,40). The van der Waals surface area contributed by atoms with Crippen LogP contribution < -0.4 is 16.4 Å². The summed E-state index contributed by atoms with van der Waals surface area (Å²) in [5.41, 5.74) is 7.31. The van der Waals surface area contributed by atoms with Crippen LogP contribution in [-0.2, 0) is 15.9 Å². The molecule has 0 radical (unpaired) electrons. The molecule has 43 heavy (non-hydrogen) atoms. The fourth-order valence-electron chi connectivity index (χ4n) is 3.92. The van der Waals surface area contributed by atoms with E-state index in [0.29, 0.717) is 31.1 Å². The number of amides is 2. The lowest BCUT2D eigenvalue weighted by molar-refractivity contribution is -0.115. The molecule has 0 aliphatic carbocycles. The van der Waals surface area contributed by atoms with Gasteiger partial charge in [0.25, 0.3) is 11.8 Å². The highest BCUT2D eigenvalue weighted by atomic mass is 19.4. The maximum absolute atomic E-state index is 12.9. The van der Waals surface area contributed by atoms with Crippen LogP contribution in [0.3, 0.4) is 0 Å². The normalized spacial score (nSPS) is 11.4. The highest BCUT2D eigenvalue weighted by Gasteiger charge is 2.27. The fraction of sp³-hybridized carbons (Fsp3) is 0.321. The summed E-state index contributed by atoms with van der Waals surface area (Å²) < 4.78 is 54.7. The molecule has 3 aromatic heterocycles. The average molecular weight is 602 g/mol. The van der Waals surface area contributed by atoms with Gasteiger partial charge in [0.2, 0.25) is 5.89 Å². The first-order valence-electron chi connectivity index (χ1n) is 13.2. The van der Waals surface area contributed by atoms with E-state index in [2.05, 4.69) is 25.7 Å². The minimum atomic E-state index is -4.42. The van der Waals surface area contributed by atoms with Gasteiger partial charge in [-0.3, -0.25) is 9.59 Å². The largest absolute Gasteiger partial charge is 0.444 e. The van der Waals surface area contributed by atoms with Gasteiger partial charge in [-0.05, 0) is 49.1 Å². The smallest absolute Gasteiger partial charge is 0.405 e. The van der Waals surface area contributed by atoms with Gasteiger partial charge < -0.3 is 30.3 Å². The predicted molar refractivity (Wildman–Crippen MR) is 150 cm³/mol. The van der Waals surface area contributed by atoms with Crippen LogP contribution >= 0.6 is 0 Å². The molecule has 0 fully saturated rings. The third-order valence-electron chi connectivity index (χ3n) is 6.05. The topological polar surface area (TPSA) is 159 Å². The van der Waals surface area contributed by atoms with Gasteiger partial charge in [0, 0.05) is 25.5 Å². The maximum atomic E-state index is 12.9. The SMILES string of the molecule is COCCOCCCCc1ccc(-n2cc(NC(=O)c3coc(-c4ccnc(NCC(F)(F)F)c4)n3)c(C(N)=O)n2)cc1. The van der Waals surface area contributed by atoms with Crippen molar-refractivity contribution in [3.63, 3.8) is 0 Å². The van der Waals surface area contributed by atoms with Gasteiger partial charge in [0.15, 0.2) is 11.4 Å². The number of pyridine rings is 1. The second-order valence-corrected chi connectivity index (χ2v) is 9.32. The van der Waals surface area contributed by atoms with Crippen molar-refractivity contribution in [3.05, 3.63) is 72.0 Å². The first-order chi connectivity index (χ1) is 20.6. The summed E-state index contributed by atoms with van der Waals surface area (Å²) in [5.74, 6) is -1.64. The zero-order chi connectivity index (χ0) is 30.8. The number of hydrogen-bond donors (Lipinski definition) is 3. The van der Waals surface area contributed by atoms with Crippen LogP contribution in [0.25, 0.3) is 17.1 Å². The molecule has 0 aliphatic rings. The van der Waals surface area contributed by atoms with Crippen molar-refractivity contribution in [1.29, 1.82) is 0 Å². The van der Waals surface area contributed by atoms with Crippen LogP contribution in [-0.4, -0.2) is 71.2 Å². The number of rotatable bonds is 15. The Labute approximate surface area is 244 Å². The maximum Gasteiger partial charge on any atom is 0.405 e. The second-order valence-electron chi connectivity index (χ2n) is 9.32. The van der Waals surface area contributed by atoms with Crippen LogP contribution in [0, 0.1) is 0 Å². The predicted octanol–water partition coefficient (Wildman–Crippen LogP) is 4.23. The number of methoxy groups -OCH3 is 1. The molecule has 4 rings (SSSR count). The number of oxazole rings is 1. The molecule has 0 saturated heterocycles. The minimum absolute atomic E-state index is 0.0212. The van der Waals surface area contributed by atoms with Gasteiger partial charge in [-0.2, -0.15) is 18.3 Å². The lowest BCUT2D eigenvalue weighted by atomic mass is 10.1. The Morgan fingerprint density at radius 3 is 2.60 bits per heavy atom. The first kappa shape index (κ1) is 31.2. The molecule has 15 heteroatoms. The zero-order valence-corrected chi connectivity index (χ0v) is 23.2. The highest BCUT2D eigenvalue weighted by molar-refractivity contribution is 6.07. The van der Waals surface area contributed by atoms with Crippen molar-refractivity contribution < 1.29 is 36.7 Å². The molecular weight excluding hydrogens is 571 g/mol. The van der Waals surface area contributed by atoms with Crippen molar-refractivity contribution in [2.24, 2.45) is 5.73 Å². The number of halogens is 3. The number of benzene rings is 1. The number of unbranched alkanes of at least 4 members (excludes halogenated alkanes) is 1. The fourth-order valence-corrected chi connectivity index (χ4v) is 3.92. The van der Waals surface area contributed by atoms with Crippen molar-refractivity contribution in [2.75, 3.05) is 44.1 Å². The molecule has 2 amide bonds. The molecule has 0 bridgehead atoms. The lowest BCUT2D eigenvalue weighted by Crippen LogP contribution is -2.21. The van der Waals surface area contributed by atoms with E-state index in [1.54, 1.807) is 7.11 Å². The molecule has 228 valence electrons. The number of anilines is 2. The molecule has 0 spiro atoms. The van der Waals surface area contributed by atoms with Crippen LogP contribution in [0.4, 0.5) is 24.7 Å². The van der Waals surface area contributed by atoms with E-state index in [1.807, 2.05) is 24.3 Å². The summed E-state index contributed by atoms with van der Waals surface area (Å²) in [6.45, 7) is 0.548. The van der Waals surface area contributed by atoms with E-state index in [1.165, 1.54) is 29.2 Å². The van der Waals surface area contributed by atoms with E-state index < -0.39 is 24.5 Å². The summed E-state index contributed by atoms with van der Waals surface area (Å²) in [7, 11) is 1.63. The number of alkyl halides is 3. The van der Waals surface area contributed by atoms with Crippen molar-refractivity contribution in [3.8, 4) is 17.1 Å². The number of primary amides is 1. The lowest BCUT2D eigenvalue weighted by Gasteiger charge is -2.08. The Bertz CT molecular complexity index is 1520. The number of hydrogen-bond acceptors (Lipinski definition) is 9. The second kappa shape index (κ2) is 14.4. The molecular formula is C28H30F3N7O5. The van der Waals surface area contributed by atoms with E-state index in [-0.39, 0.29) is 28.8 Å². The molecule has 12 nitrogen and oxygen atoms in total. The Morgan fingerprint density at radius 1 is 1.09 bits per heavy atom. The van der Waals surface area contributed by atoms with Gasteiger partial charge >= 0.3 is 6.18 Å². The molecule has 4 aromatic rings. The van der Waals surface area contributed by atoms with Crippen LogP contribution in [0.15, 0.2) is 59.5 Å². The van der Waals surface area contributed by atoms with Crippen molar-refractivity contribution >= 4 is 23.3 Å². The number of aryl methyl sites for hydroxylation is 1. The number of aromatic nitrogens is 4. The Morgan fingerprint density at radius 2 is 1.88 bits per heavy atom. The van der Waals surface area contributed by atoms with Gasteiger partial charge in [-0.25, -0.2) is 14.6 Å². The van der Waals surface area contributed by atoms with Crippen LogP contribution in [0.2, 0.25) is 0 Å². The third-order valence-corrected chi connectivity index (χ3v) is 6.05. The summed E-state index contributed by atoms with van der Waals surface area (Å²) in [6.07, 6.45) is 2.12. The first-order valence-corrected chi connectivity index (χ1v) is 13.2. The number of ether oxygens (including phenoxy) is 2. The number of carbonyl (C=O) groups excluding carboxylic acids is 2. The molecule has 0 atom stereocenters. The zero-order valence-electron chi connectivity index (χ0n) is 23.2. The summed E-state index contributed by atoms with van der Waals surface area (Å²) >= 11 is 0. The molecule has 4 N–H and O–H groups in total. The van der Waals surface area contributed by atoms with Gasteiger partial charge in [0.1, 0.15) is 18.6 Å². The number of nitrogens with zero attached hydrogens (tertiary/aromatic N) is 4. The Hall–Kier alpha value is -4.76. The molecule has 3 heterocycles. The van der Waals surface area contributed by atoms with Crippen molar-refractivity contribution in [2.45, 2.75) is 25.4 Å². The third kappa shape index (κ3) is 9.11. The molecule has 0 aliphatic heterocycles. The average Bonchev–Trinajstić information content (AvgIpc) is 3.64. The van der Waals surface area contributed by atoms with Gasteiger partial charge in [-0.15, -0.1) is 0 Å². The number of nitrogens with two attached hydrogens (primary N) is 1. The van der Waals surface area contributed by atoms with Crippen LogP contribution in [0.1, 0.15) is 39.4 Å². The number of nitrogens with one attached hydrogen (secondary N) is 2. The summed E-state index contributed by atoms with van der Waals surface area (Å²) in [6, 6.07) is 10.3. The highest BCUT2D eigenvalue weighted by Crippen LogP contribution is 2.24. The van der Waals surface area contributed by atoms with E-state index in [0.717, 1.165) is 31.1 Å². The van der Waals surface area contributed by atoms with Gasteiger partial charge in [-0.1, -0.05) is 12.1 Å². The Balaban J connectivity index is 1.39. The van der Waals surface area contributed by atoms with E-state index >= 15 is 0 Å². The molecule has 0 unspecified atom stereocenters. The summed E-state index contributed by atoms with van der Waals surface area (Å²) in [4.78, 5) is 32.9.